The Balaban J connectivity index is 2.38. The zero-order valence-corrected chi connectivity index (χ0v) is 20.2. The molecule has 178 valence electrons. The molecule has 0 aromatic heterocycles. The third-order valence-corrected chi connectivity index (χ3v) is 5.53. The van der Waals surface area contributed by atoms with E-state index in [2.05, 4.69) is 55.4 Å². The third kappa shape index (κ3) is 14.1. The van der Waals surface area contributed by atoms with Crippen molar-refractivity contribution in [3.8, 4) is 0 Å². The summed E-state index contributed by atoms with van der Waals surface area (Å²) in [6.45, 7) is 11.4. The van der Waals surface area contributed by atoms with E-state index in [0.717, 1.165) is 38.8 Å². The standard InChI is InChI=1S/C25H45N3O3/c1-5-7-9-11-13-15-24(29)26-17-21(3)28(19-23-20-31-23)22(4)18-27-25(30)16-14-12-10-8-6-2/h11-14,21-23H,5-10,15-20H2,1-4H3,(H,26,29)(H,27,30)/b13-11+,14-12+. The number of amides is 2. The van der Waals surface area contributed by atoms with E-state index in [1.54, 1.807) is 0 Å². The highest BCUT2D eigenvalue weighted by atomic mass is 16.6. The number of allylic oxidation sites excluding steroid dienone is 2. The Labute approximate surface area is 189 Å². The first-order valence-corrected chi connectivity index (χ1v) is 12.2. The fourth-order valence-electron chi connectivity index (χ4n) is 3.37. The molecule has 0 saturated carbocycles. The van der Waals surface area contributed by atoms with Crippen LogP contribution in [0.25, 0.3) is 0 Å². The van der Waals surface area contributed by atoms with Gasteiger partial charge in [0.05, 0.1) is 12.7 Å². The number of carbonyl (C=O) groups is 2. The van der Waals surface area contributed by atoms with Gasteiger partial charge in [-0.3, -0.25) is 14.5 Å². The fraction of sp³-hybridized carbons (Fsp3) is 0.760. The van der Waals surface area contributed by atoms with Crippen molar-refractivity contribution in [2.75, 3.05) is 26.2 Å². The van der Waals surface area contributed by atoms with Gasteiger partial charge >= 0.3 is 0 Å². The van der Waals surface area contributed by atoms with Crippen LogP contribution in [0.3, 0.4) is 0 Å². The summed E-state index contributed by atoms with van der Waals surface area (Å²) in [5, 5.41) is 6.09. The summed E-state index contributed by atoms with van der Waals surface area (Å²) < 4.78 is 5.43. The zero-order chi connectivity index (χ0) is 22.9. The van der Waals surface area contributed by atoms with Crippen molar-refractivity contribution >= 4 is 11.8 Å². The van der Waals surface area contributed by atoms with Gasteiger partial charge in [-0.2, -0.15) is 0 Å². The molecule has 2 amide bonds. The lowest BCUT2D eigenvalue weighted by Gasteiger charge is -2.34. The van der Waals surface area contributed by atoms with Gasteiger partial charge in [0.2, 0.25) is 11.8 Å². The van der Waals surface area contributed by atoms with E-state index < -0.39 is 0 Å². The maximum Gasteiger partial charge on any atom is 0.223 e. The Morgan fingerprint density at radius 1 is 0.903 bits per heavy atom. The molecule has 1 saturated heterocycles. The molecule has 0 bridgehead atoms. The van der Waals surface area contributed by atoms with Crippen LogP contribution in [0.2, 0.25) is 0 Å². The highest BCUT2D eigenvalue weighted by molar-refractivity contribution is 5.77. The quantitative estimate of drug-likeness (QED) is 0.194. The first-order chi connectivity index (χ1) is 15.0. The summed E-state index contributed by atoms with van der Waals surface area (Å²) in [6, 6.07) is 0.330. The van der Waals surface area contributed by atoms with Gasteiger partial charge in [0.1, 0.15) is 0 Å². The van der Waals surface area contributed by atoms with Crippen molar-refractivity contribution in [3.05, 3.63) is 24.3 Å². The molecule has 3 unspecified atom stereocenters. The molecule has 1 rings (SSSR count). The molecule has 0 radical (unpaired) electrons. The fourth-order valence-corrected chi connectivity index (χ4v) is 3.37. The number of rotatable bonds is 18. The minimum atomic E-state index is 0.0537. The number of nitrogens with one attached hydrogen (secondary N) is 2. The van der Waals surface area contributed by atoms with Crippen molar-refractivity contribution in [2.45, 2.75) is 97.2 Å². The van der Waals surface area contributed by atoms with Gasteiger partial charge in [0.25, 0.3) is 0 Å². The van der Waals surface area contributed by atoms with Gasteiger partial charge in [-0.05, 0) is 26.7 Å². The maximum absolute atomic E-state index is 12.1. The van der Waals surface area contributed by atoms with Crippen molar-refractivity contribution in [1.82, 2.24) is 15.5 Å². The predicted octanol–water partition coefficient (Wildman–Crippen LogP) is 3.97. The monoisotopic (exact) mass is 435 g/mol. The molecule has 0 aromatic rings. The van der Waals surface area contributed by atoms with Crippen molar-refractivity contribution in [1.29, 1.82) is 0 Å². The van der Waals surface area contributed by atoms with Crippen LogP contribution in [-0.2, 0) is 14.3 Å². The largest absolute Gasteiger partial charge is 0.372 e. The second-order valence-electron chi connectivity index (χ2n) is 8.59. The summed E-state index contributed by atoms with van der Waals surface area (Å²) in [4.78, 5) is 26.6. The SMILES string of the molecule is CCCC/C=C/CC(=O)NCC(C)N(CC1CO1)C(C)CNC(=O)C/C=C/CCCC. The van der Waals surface area contributed by atoms with E-state index in [0.29, 0.717) is 25.9 Å². The molecular weight excluding hydrogens is 390 g/mol. The van der Waals surface area contributed by atoms with Gasteiger partial charge in [-0.15, -0.1) is 0 Å². The summed E-state index contributed by atoms with van der Waals surface area (Å²) in [7, 11) is 0. The lowest BCUT2D eigenvalue weighted by atomic mass is 10.1. The molecule has 0 spiro atoms. The van der Waals surface area contributed by atoms with Crippen LogP contribution in [-0.4, -0.2) is 61.1 Å². The van der Waals surface area contributed by atoms with E-state index in [4.69, 9.17) is 4.74 Å². The second-order valence-corrected chi connectivity index (χ2v) is 8.59. The van der Waals surface area contributed by atoms with Crippen LogP contribution in [0.4, 0.5) is 0 Å². The number of hydrogen-bond acceptors (Lipinski definition) is 4. The molecule has 31 heavy (non-hydrogen) atoms. The topological polar surface area (TPSA) is 74.0 Å². The van der Waals surface area contributed by atoms with E-state index in [-0.39, 0.29) is 30.0 Å². The lowest BCUT2D eigenvalue weighted by Crippen LogP contribution is -2.51. The Hall–Kier alpha value is -1.66. The van der Waals surface area contributed by atoms with Crippen LogP contribution in [0.15, 0.2) is 24.3 Å². The lowest BCUT2D eigenvalue weighted by molar-refractivity contribution is -0.121. The van der Waals surface area contributed by atoms with Gasteiger partial charge in [0, 0.05) is 44.6 Å². The average Bonchev–Trinajstić information content (AvgIpc) is 3.58. The first kappa shape index (κ1) is 27.4. The van der Waals surface area contributed by atoms with Crippen molar-refractivity contribution in [3.63, 3.8) is 0 Å². The molecular formula is C25H45N3O3. The van der Waals surface area contributed by atoms with Crippen LogP contribution in [0.1, 0.15) is 79.1 Å². The average molecular weight is 436 g/mol. The molecule has 2 N–H and O–H groups in total. The minimum Gasteiger partial charge on any atom is -0.372 e. The number of epoxide rings is 1. The van der Waals surface area contributed by atoms with Crippen LogP contribution < -0.4 is 10.6 Å². The van der Waals surface area contributed by atoms with Gasteiger partial charge < -0.3 is 15.4 Å². The third-order valence-electron chi connectivity index (χ3n) is 5.53. The zero-order valence-electron chi connectivity index (χ0n) is 20.2. The molecule has 0 aromatic carbocycles. The van der Waals surface area contributed by atoms with E-state index in [9.17, 15) is 9.59 Å². The van der Waals surface area contributed by atoms with Gasteiger partial charge in [0.15, 0.2) is 0 Å². The smallest absolute Gasteiger partial charge is 0.223 e. The molecule has 0 aliphatic carbocycles. The normalized spacial score (nSPS) is 17.9. The molecule has 3 atom stereocenters. The summed E-state index contributed by atoms with van der Waals surface area (Å²) >= 11 is 0. The van der Waals surface area contributed by atoms with E-state index in [1.165, 1.54) is 12.8 Å². The summed E-state index contributed by atoms with van der Waals surface area (Å²) in [6.07, 6.45) is 16.0. The maximum atomic E-state index is 12.1. The Bertz CT molecular complexity index is 516. The Morgan fingerprint density at radius 3 is 1.74 bits per heavy atom. The first-order valence-electron chi connectivity index (χ1n) is 12.2. The van der Waals surface area contributed by atoms with E-state index in [1.807, 2.05) is 12.2 Å². The molecule has 1 fully saturated rings. The van der Waals surface area contributed by atoms with E-state index >= 15 is 0 Å². The summed E-state index contributed by atoms with van der Waals surface area (Å²) in [5.41, 5.74) is 0. The van der Waals surface area contributed by atoms with Crippen LogP contribution in [0.5, 0.6) is 0 Å². The predicted molar refractivity (Wildman–Crippen MR) is 128 cm³/mol. The summed E-state index contributed by atoms with van der Waals surface area (Å²) in [5.74, 6) is 0.107. The number of hydrogen-bond donors (Lipinski definition) is 2. The highest BCUT2D eigenvalue weighted by Gasteiger charge is 2.30. The number of nitrogens with zero attached hydrogens (tertiary/aromatic N) is 1. The molecule has 1 aliphatic heterocycles. The van der Waals surface area contributed by atoms with Gasteiger partial charge in [-0.1, -0.05) is 63.8 Å². The minimum absolute atomic E-state index is 0.0537. The molecule has 6 nitrogen and oxygen atoms in total. The number of unbranched alkanes of at least 4 members (excludes halogenated alkanes) is 4. The molecule has 1 aliphatic rings. The number of carbonyl (C=O) groups excluding carboxylic acids is 2. The number of ether oxygens (including phenoxy) is 1. The van der Waals surface area contributed by atoms with Crippen LogP contribution >= 0.6 is 0 Å². The molecule has 1 heterocycles. The van der Waals surface area contributed by atoms with Crippen molar-refractivity contribution < 1.29 is 14.3 Å². The molecule has 6 heteroatoms. The van der Waals surface area contributed by atoms with Crippen LogP contribution in [0, 0.1) is 0 Å². The highest BCUT2D eigenvalue weighted by Crippen LogP contribution is 2.15. The van der Waals surface area contributed by atoms with Crippen molar-refractivity contribution in [2.24, 2.45) is 0 Å². The Kier molecular flexibility index (Phi) is 15.0. The second kappa shape index (κ2) is 17.0. The Morgan fingerprint density at radius 2 is 1.35 bits per heavy atom. The van der Waals surface area contributed by atoms with Gasteiger partial charge in [-0.25, -0.2) is 0 Å².